The molecule has 4 heterocycles. The largest absolute Gasteiger partial charge is 0.383 e. The molecule has 1 aromatic carbocycles. The molecule has 10 nitrogen and oxygen atoms in total. The Bertz CT molecular complexity index is 1300. The second-order valence-electron chi connectivity index (χ2n) is 8.54. The summed E-state index contributed by atoms with van der Waals surface area (Å²) in [5, 5.41) is 18.6. The van der Waals surface area contributed by atoms with E-state index in [0.717, 1.165) is 41.2 Å². The first kappa shape index (κ1) is 23.3. The Morgan fingerprint density at radius 1 is 1.29 bits per heavy atom. The van der Waals surface area contributed by atoms with Crippen LogP contribution in [0, 0.1) is 6.92 Å². The molecule has 3 aromatic heterocycles. The van der Waals surface area contributed by atoms with Gasteiger partial charge < -0.3 is 15.4 Å². The number of aromatic amines is 1. The lowest BCUT2D eigenvalue weighted by molar-refractivity contribution is -0.117. The lowest BCUT2D eigenvalue weighted by atomic mass is 10.2. The quantitative estimate of drug-likeness (QED) is 0.324. The number of amides is 1. The maximum atomic E-state index is 12.5. The number of benzene rings is 1. The van der Waals surface area contributed by atoms with E-state index in [1.54, 1.807) is 11.6 Å². The van der Waals surface area contributed by atoms with Crippen LogP contribution < -0.4 is 10.6 Å². The number of carbonyl (C=O) groups is 1. The lowest BCUT2D eigenvalue weighted by Crippen LogP contribution is -2.38. The number of hydrogen-bond acceptors (Lipinski definition) is 8. The highest BCUT2D eigenvalue weighted by Crippen LogP contribution is 2.29. The SMILES string of the molecule is COC[C@@H]1CCCN1CC(=O)Nc1ccc(Sc2nc(Nc3cc(C)[nH]n3)c3cccn3n2)cc1. The highest BCUT2D eigenvalue weighted by Gasteiger charge is 2.26. The van der Waals surface area contributed by atoms with Gasteiger partial charge in [-0.3, -0.25) is 14.8 Å². The lowest BCUT2D eigenvalue weighted by Gasteiger charge is -2.23. The van der Waals surface area contributed by atoms with Crippen molar-refractivity contribution in [1.82, 2.24) is 29.7 Å². The Morgan fingerprint density at radius 2 is 2.14 bits per heavy atom. The summed E-state index contributed by atoms with van der Waals surface area (Å²) in [6.07, 6.45) is 4.06. The number of nitrogens with one attached hydrogen (secondary N) is 3. The van der Waals surface area contributed by atoms with Crippen LogP contribution in [0.1, 0.15) is 18.5 Å². The molecule has 1 amide bonds. The standard InChI is InChI=1S/C24H28N8O2S/c1-16-13-21(29-28-16)26-23-20-6-4-12-32(20)30-24(27-23)35-19-9-7-17(8-10-19)25-22(33)14-31-11-3-5-18(31)15-34-2/h4,6-10,12-13,18H,3,5,11,14-15H2,1-2H3,(H,25,33)(H2,26,27,28,29,30)/t18-/m0/s1. The number of ether oxygens (including phenoxy) is 1. The van der Waals surface area contributed by atoms with E-state index in [2.05, 4.69) is 30.8 Å². The number of hydrogen-bond donors (Lipinski definition) is 3. The highest BCUT2D eigenvalue weighted by atomic mass is 32.2. The van der Waals surface area contributed by atoms with E-state index in [9.17, 15) is 4.79 Å². The summed E-state index contributed by atoms with van der Waals surface area (Å²) in [7, 11) is 1.70. The Balaban J connectivity index is 1.24. The molecule has 0 saturated carbocycles. The molecule has 4 aromatic rings. The van der Waals surface area contributed by atoms with Gasteiger partial charge in [0.25, 0.3) is 0 Å². The van der Waals surface area contributed by atoms with Crippen LogP contribution in [0.5, 0.6) is 0 Å². The predicted molar refractivity (Wildman–Crippen MR) is 135 cm³/mol. The maximum Gasteiger partial charge on any atom is 0.238 e. The van der Waals surface area contributed by atoms with E-state index in [-0.39, 0.29) is 5.91 Å². The Hall–Kier alpha value is -3.41. The number of aromatic nitrogens is 5. The highest BCUT2D eigenvalue weighted by molar-refractivity contribution is 7.99. The summed E-state index contributed by atoms with van der Waals surface area (Å²) < 4.78 is 7.07. The van der Waals surface area contributed by atoms with Crippen molar-refractivity contribution in [2.24, 2.45) is 0 Å². The van der Waals surface area contributed by atoms with E-state index in [0.29, 0.717) is 36.0 Å². The second-order valence-corrected chi connectivity index (χ2v) is 9.58. The fourth-order valence-corrected chi connectivity index (χ4v) is 4.98. The van der Waals surface area contributed by atoms with Gasteiger partial charge in [0, 0.05) is 41.7 Å². The Kier molecular flexibility index (Phi) is 6.98. The van der Waals surface area contributed by atoms with Crippen LogP contribution in [0.3, 0.4) is 0 Å². The molecular formula is C24H28N8O2S. The van der Waals surface area contributed by atoms with Gasteiger partial charge in [-0.2, -0.15) is 5.10 Å². The molecule has 0 aliphatic carbocycles. The molecule has 182 valence electrons. The van der Waals surface area contributed by atoms with Gasteiger partial charge in [-0.05, 0) is 74.5 Å². The van der Waals surface area contributed by atoms with Gasteiger partial charge in [-0.1, -0.05) is 0 Å². The van der Waals surface area contributed by atoms with Crippen molar-refractivity contribution in [3.8, 4) is 0 Å². The molecule has 1 aliphatic heterocycles. The van der Waals surface area contributed by atoms with Gasteiger partial charge in [0.15, 0.2) is 11.6 Å². The minimum absolute atomic E-state index is 0.0147. The van der Waals surface area contributed by atoms with E-state index >= 15 is 0 Å². The van der Waals surface area contributed by atoms with Crippen LogP contribution in [-0.4, -0.2) is 68.5 Å². The summed E-state index contributed by atoms with van der Waals surface area (Å²) >= 11 is 1.45. The zero-order valence-corrected chi connectivity index (χ0v) is 20.5. The predicted octanol–water partition coefficient (Wildman–Crippen LogP) is 3.70. The minimum atomic E-state index is -0.0147. The number of H-pyrrole nitrogens is 1. The fraction of sp³-hybridized carbons (Fsp3) is 0.333. The van der Waals surface area contributed by atoms with Gasteiger partial charge in [0.1, 0.15) is 5.52 Å². The zero-order valence-electron chi connectivity index (χ0n) is 19.7. The fourth-order valence-electron chi connectivity index (χ4n) is 4.23. The average Bonchev–Trinajstić information content (AvgIpc) is 3.58. The van der Waals surface area contributed by atoms with E-state index in [1.165, 1.54) is 11.8 Å². The molecule has 0 bridgehead atoms. The summed E-state index contributed by atoms with van der Waals surface area (Å²) in [5.74, 6) is 1.36. The molecule has 1 saturated heterocycles. The van der Waals surface area contributed by atoms with Gasteiger partial charge >= 0.3 is 0 Å². The van der Waals surface area contributed by atoms with Crippen molar-refractivity contribution in [2.75, 3.05) is 37.4 Å². The van der Waals surface area contributed by atoms with E-state index in [4.69, 9.17) is 9.72 Å². The Labute approximate surface area is 207 Å². The first-order valence-electron chi connectivity index (χ1n) is 11.5. The van der Waals surface area contributed by atoms with Crippen molar-refractivity contribution >= 4 is 40.5 Å². The smallest absolute Gasteiger partial charge is 0.238 e. The molecule has 5 rings (SSSR count). The molecule has 0 spiro atoms. The first-order valence-corrected chi connectivity index (χ1v) is 12.3. The van der Waals surface area contributed by atoms with Crippen molar-refractivity contribution in [1.29, 1.82) is 0 Å². The third-order valence-corrected chi connectivity index (χ3v) is 6.74. The molecule has 11 heteroatoms. The van der Waals surface area contributed by atoms with Crippen LogP contribution in [0.15, 0.2) is 58.7 Å². The zero-order chi connectivity index (χ0) is 24.2. The summed E-state index contributed by atoms with van der Waals surface area (Å²) in [5.41, 5.74) is 2.59. The van der Waals surface area contributed by atoms with Crippen molar-refractivity contribution in [3.63, 3.8) is 0 Å². The molecule has 1 fully saturated rings. The normalized spacial score (nSPS) is 16.1. The maximum absolute atomic E-state index is 12.5. The average molecular weight is 493 g/mol. The number of carbonyl (C=O) groups excluding carboxylic acids is 1. The van der Waals surface area contributed by atoms with Crippen LogP contribution in [0.4, 0.5) is 17.3 Å². The van der Waals surface area contributed by atoms with Gasteiger partial charge in [-0.25, -0.2) is 9.50 Å². The van der Waals surface area contributed by atoms with Crippen LogP contribution in [0.2, 0.25) is 0 Å². The van der Waals surface area contributed by atoms with Crippen LogP contribution in [0.25, 0.3) is 5.52 Å². The molecule has 0 unspecified atom stereocenters. The number of aryl methyl sites for hydroxylation is 1. The molecule has 1 aliphatic rings. The molecule has 3 N–H and O–H groups in total. The van der Waals surface area contributed by atoms with Crippen molar-refractivity contribution in [3.05, 3.63) is 54.4 Å². The topological polar surface area (TPSA) is 112 Å². The van der Waals surface area contributed by atoms with E-state index < -0.39 is 0 Å². The minimum Gasteiger partial charge on any atom is -0.383 e. The molecular weight excluding hydrogens is 464 g/mol. The molecule has 1 atom stereocenters. The number of anilines is 3. The second kappa shape index (κ2) is 10.5. The van der Waals surface area contributed by atoms with Crippen molar-refractivity contribution in [2.45, 2.75) is 35.9 Å². The number of methoxy groups -OCH3 is 1. The summed E-state index contributed by atoms with van der Waals surface area (Å²) in [4.78, 5) is 20.4. The van der Waals surface area contributed by atoms with Crippen LogP contribution >= 0.6 is 11.8 Å². The van der Waals surface area contributed by atoms with Gasteiger partial charge in [-0.15, -0.1) is 5.10 Å². The number of fused-ring (bicyclic) bond motifs is 1. The third kappa shape index (κ3) is 5.64. The number of nitrogens with zero attached hydrogens (tertiary/aromatic N) is 5. The van der Waals surface area contributed by atoms with Crippen LogP contribution in [-0.2, 0) is 9.53 Å². The number of rotatable bonds is 9. The van der Waals surface area contributed by atoms with Gasteiger partial charge in [0.2, 0.25) is 11.1 Å². The third-order valence-electron chi connectivity index (χ3n) is 5.88. The number of likely N-dealkylation sites (tertiary alicyclic amines) is 1. The molecule has 0 radical (unpaired) electrons. The van der Waals surface area contributed by atoms with Crippen molar-refractivity contribution < 1.29 is 9.53 Å². The monoisotopic (exact) mass is 492 g/mol. The summed E-state index contributed by atoms with van der Waals surface area (Å²) in [6, 6.07) is 13.8. The van der Waals surface area contributed by atoms with E-state index in [1.807, 2.05) is 55.6 Å². The first-order chi connectivity index (χ1) is 17.1. The Morgan fingerprint density at radius 3 is 2.91 bits per heavy atom. The van der Waals surface area contributed by atoms with Gasteiger partial charge in [0.05, 0.1) is 13.2 Å². The summed E-state index contributed by atoms with van der Waals surface area (Å²) in [6.45, 7) is 3.91. The molecule has 35 heavy (non-hydrogen) atoms.